The number of hydrogen-bond acceptors (Lipinski definition) is 3. The molecule has 0 fully saturated rings. The van der Waals surface area contributed by atoms with Crippen molar-refractivity contribution in [1.29, 1.82) is 0 Å². The molecule has 3 heteroatoms. The molecule has 0 aromatic heterocycles. The maximum absolute atomic E-state index is 12.1. The van der Waals surface area contributed by atoms with Crippen LogP contribution in [-0.4, -0.2) is 17.9 Å². The van der Waals surface area contributed by atoms with Crippen LogP contribution in [0.4, 0.5) is 0 Å². The number of esters is 1. The Labute approximate surface area is 130 Å². The average Bonchev–Trinajstić information content (AvgIpc) is 2.54. The smallest absolute Gasteiger partial charge is 0.331 e. The van der Waals surface area contributed by atoms with Crippen molar-refractivity contribution in [2.75, 3.05) is 0 Å². The summed E-state index contributed by atoms with van der Waals surface area (Å²) in [6.07, 6.45) is 2.19. The van der Waals surface area contributed by atoms with Crippen LogP contribution in [0.3, 0.4) is 0 Å². The molecule has 0 saturated heterocycles. The molecular weight excluding hydrogens is 276 g/mol. The van der Waals surface area contributed by atoms with Gasteiger partial charge in [0.25, 0.3) is 0 Å². The lowest BCUT2D eigenvalue weighted by molar-refractivity contribution is -0.140. The van der Waals surface area contributed by atoms with Gasteiger partial charge in [-0.2, -0.15) is 0 Å². The number of ketones is 1. The Bertz CT molecular complexity index is 670. The molecule has 2 aromatic carbocycles. The predicted molar refractivity (Wildman–Crippen MR) is 86.5 cm³/mol. The standard InChI is InChI=1S/C19H18O3/c1-14-8-10-16(11-9-14)12-13-18(20)22-15(2)19(21)17-6-4-3-5-7-17/h3-13,15H,1-2H3. The van der Waals surface area contributed by atoms with E-state index in [1.807, 2.05) is 37.3 Å². The van der Waals surface area contributed by atoms with Crippen LogP contribution in [0.5, 0.6) is 0 Å². The van der Waals surface area contributed by atoms with Gasteiger partial charge >= 0.3 is 5.97 Å². The summed E-state index contributed by atoms with van der Waals surface area (Å²) in [6.45, 7) is 3.57. The van der Waals surface area contributed by atoms with Crippen molar-refractivity contribution in [3.05, 3.63) is 77.4 Å². The molecule has 0 heterocycles. The number of carbonyl (C=O) groups is 2. The zero-order chi connectivity index (χ0) is 15.9. The molecule has 0 aliphatic heterocycles. The van der Waals surface area contributed by atoms with Gasteiger partial charge in [0, 0.05) is 11.6 Å². The van der Waals surface area contributed by atoms with E-state index in [1.165, 1.54) is 6.08 Å². The summed E-state index contributed by atoms with van der Waals surface area (Å²) in [5.41, 5.74) is 2.59. The van der Waals surface area contributed by atoms with Gasteiger partial charge in [-0.3, -0.25) is 4.79 Å². The molecular formula is C19H18O3. The van der Waals surface area contributed by atoms with Crippen LogP contribution >= 0.6 is 0 Å². The number of rotatable bonds is 5. The molecule has 0 amide bonds. The lowest BCUT2D eigenvalue weighted by Crippen LogP contribution is -2.23. The van der Waals surface area contributed by atoms with E-state index in [-0.39, 0.29) is 5.78 Å². The molecule has 2 rings (SSSR count). The molecule has 1 unspecified atom stereocenters. The molecule has 0 saturated carbocycles. The first-order chi connectivity index (χ1) is 10.6. The Balaban J connectivity index is 1.94. The molecule has 3 nitrogen and oxygen atoms in total. The van der Waals surface area contributed by atoms with Crippen molar-refractivity contribution in [2.45, 2.75) is 20.0 Å². The van der Waals surface area contributed by atoms with E-state index < -0.39 is 12.1 Å². The number of Topliss-reactive ketones (excluding diaryl/α,β-unsaturated/α-hetero) is 1. The fourth-order valence-corrected chi connectivity index (χ4v) is 1.95. The number of benzene rings is 2. The summed E-state index contributed by atoms with van der Waals surface area (Å²) >= 11 is 0. The summed E-state index contributed by atoms with van der Waals surface area (Å²) in [4.78, 5) is 23.9. The summed E-state index contributed by atoms with van der Waals surface area (Å²) in [6, 6.07) is 16.5. The second-order valence-corrected chi connectivity index (χ2v) is 5.05. The van der Waals surface area contributed by atoms with E-state index in [0.717, 1.165) is 11.1 Å². The Hall–Kier alpha value is -2.68. The molecule has 0 aliphatic carbocycles. The van der Waals surface area contributed by atoms with Crippen LogP contribution < -0.4 is 0 Å². The maximum atomic E-state index is 12.1. The van der Waals surface area contributed by atoms with Crippen LogP contribution in [0.25, 0.3) is 6.08 Å². The average molecular weight is 294 g/mol. The van der Waals surface area contributed by atoms with Gasteiger partial charge in [-0.05, 0) is 25.5 Å². The normalized spacial score (nSPS) is 12.1. The molecule has 2 aromatic rings. The quantitative estimate of drug-likeness (QED) is 0.478. The monoisotopic (exact) mass is 294 g/mol. The minimum atomic E-state index is -0.808. The van der Waals surface area contributed by atoms with E-state index in [2.05, 4.69) is 0 Å². The summed E-state index contributed by atoms with van der Waals surface area (Å²) in [5.74, 6) is -0.741. The van der Waals surface area contributed by atoms with Gasteiger partial charge in [0.1, 0.15) is 0 Å². The fourth-order valence-electron chi connectivity index (χ4n) is 1.95. The second-order valence-electron chi connectivity index (χ2n) is 5.05. The number of carbonyl (C=O) groups excluding carboxylic acids is 2. The van der Waals surface area contributed by atoms with E-state index in [9.17, 15) is 9.59 Å². The first-order valence-corrected chi connectivity index (χ1v) is 7.11. The summed E-state index contributed by atoms with van der Waals surface area (Å²) in [5, 5.41) is 0. The number of ether oxygens (including phenoxy) is 1. The highest BCUT2D eigenvalue weighted by molar-refractivity contribution is 6.00. The van der Waals surface area contributed by atoms with Crippen molar-refractivity contribution in [2.24, 2.45) is 0 Å². The predicted octanol–water partition coefficient (Wildman–Crippen LogP) is 3.82. The first kappa shape index (κ1) is 15.7. The highest BCUT2D eigenvalue weighted by Crippen LogP contribution is 2.08. The Morgan fingerprint density at radius 1 is 1.00 bits per heavy atom. The van der Waals surface area contributed by atoms with E-state index >= 15 is 0 Å². The lowest BCUT2D eigenvalue weighted by Gasteiger charge is -2.10. The van der Waals surface area contributed by atoms with Crippen LogP contribution in [0, 0.1) is 6.92 Å². The van der Waals surface area contributed by atoms with Gasteiger partial charge in [0.05, 0.1) is 0 Å². The van der Waals surface area contributed by atoms with E-state index in [1.54, 1.807) is 37.3 Å². The highest BCUT2D eigenvalue weighted by Gasteiger charge is 2.17. The zero-order valence-electron chi connectivity index (χ0n) is 12.7. The van der Waals surface area contributed by atoms with Crippen molar-refractivity contribution < 1.29 is 14.3 Å². The van der Waals surface area contributed by atoms with Gasteiger partial charge in [-0.1, -0.05) is 60.2 Å². The van der Waals surface area contributed by atoms with Crippen LogP contribution in [0.15, 0.2) is 60.7 Å². The molecule has 0 aliphatic rings. The van der Waals surface area contributed by atoms with E-state index in [4.69, 9.17) is 4.74 Å². The molecule has 0 N–H and O–H groups in total. The zero-order valence-corrected chi connectivity index (χ0v) is 12.7. The third-order valence-electron chi connectivity index (χ3n) is 3.21. The topological polar surface area (TPSA) is 43.4 Å². The van der Waals surface area contributed by atoms with Crippen molar-refractivity contribution in [3.8, 4) is 0 Å². The van der Waals surface area contributed by atoms with Crippen molar-refractivity contribution in [1.82, 2.24) is 0 Å². The van der Waals surface area contributed by atoms with Gasteiger partial charge in [-0.15, -0.1) is 0 Å². The Morgan fingerprint density at radius 2 is 1.64 bits per heavy atom. The van der Waals surface area contributed by atoms with Crippen LogP contribution in [0.2, 0.25) is 0 Å². The van der Waals surface area contributed by atoms with Crippen molar-refractivity contribution in [3.63, 3.8) is 0 Å². The molecule has 0 spiro atoms. The third kappa shape index (κ3) is 4.42. The van der Waals surface area contributed by atoms with Gasteiger partial charge in [0.2, 0.25) is 5.78 Å². The molecule has 0 bridgehead atoms. The first-order valence-electron chi connectivity index (χ1n) is 7.11. The molecule has 1 atom stereocenters. The molecule has 22 heavy (non-hydrogen) atoms. The van der Waals surface area contributed by atoms with E-state index in [0.29, 0.717) is 5.56 Å². The van der Waals surface area contributed by atoms with Gasteiger partial charge < -0.3 is 4.74 Å². The Morgan fingerprint density at radius 3 is 2.27 bits per heavy atom. The third-order valence-corrected chi connectivity index (χ3v) is 3.21. The number of hydrogen-bond donors (Lipinski definition) is 0. The van der Waals surface area contributed by atoms with Gasteiger partial charge in [-0.25, -0.2) is 4.79 Å². The van der Waals surface area contributed by atoms with Gasteiger partial charge in [0.15, 0.2) is 6.10 Å². The van der Waals surface area contributed by atoms with Crippen LogP contribution in [0.1, 0.15) is 28.4 Å². The molecule has 112 valence electrons. The van der Waals surface area contributed by atoms with Crippen LogP contribution in [-0.2, 0) is 9.53 Å². The number of aryl methyl sites for hydroxylation is 1. The fraction of sp³-hybridized carbons (Fsp3) is 0.158. The minimum absolute atomic E-state index is 0.210. The largest absolute Gasteiger partial charge is 0.451 e. The maximum Gasteiger partial charge on any atom is 0.331 e. The SMILES string of the molecule is Cc1ccc(C=CC(=O)OC(C)C(=O)c2ccccc2)cc1. The molecule has 0 radical (unpaired) electrons. The minimum Gasteiger partial charge on any atom is -0.451 e. The lowest BCUT2D eigenvalue weighted by atomic mass is 10.1. The van der Waals surface area contributed by atoms with Crippen molar-refractivity contribution >= 4 is 17.8 Å². The summed E-state index contributed by atoms with van der Waals surface area (Å²) < 4.78 is 5.14. The Kier molecular flexibility index (Phi) is 5.26. The summed E-state index contributed by atoms with van der Waals surface area (Å²) in [7, 11) is 0. The second kappa shape index (κ2) is 7.36. The highest BCUT2D eigenvalue weighted by atomic mass is 16.5.